The van der Waals surface area contributed by atoms with E-state index in [1.54, 1.807) is 0 Å². The molecule has 2 rings (SSSR count). The molecule has 1 aliphatic heterocycles. The highest BCUT2D eigenvalue weighted by molar-refractivity contribution is 14.1. The smallest absolute Gasteiger partial charge is 0.270 e. The van der Waals surface area contributed by atoms with Crippen molar-refractivity contribution in [1.29, 1.82) is 0 Å². The predicted octanol–water partition coefficient (Wildman–Crippen LogP) is 1.55. The van der Waals surface area contributed by atoms with Gasteiger partial charge in [0.1, 0.15) is 5.69 Å². The minimum atomic E-state index is 0.156. The Balaban J connectivity index is 2.23. The van der Waals surface area contributed by atoms with Crippen LogP contribution in [0.3, 0.4) is 0 Å². The monoisotopic (exact) mass is 347 g/mol. The van der Waals surface area contributed by atoms with Crippen molar-refractivity contribution in [2.45, 2.75) is 26.4 Å². The zero-order valence-electron chi connectivity index (χ0n) is 10.2. The van der Waals surface area contributed by atoms with Crippen molar-refractivity contribution in [2.24, 2.45) is 0 Å². The molecular formula is C12H18IN3O. The van der Waals surface area contributed by atoms with Crippen LogP contribution in [0.15, 0.2) is 12.3 Å². The van der Waals surface area contributed by atoms with Gasteiger partial charge in [-0.05, 0) is 42.5 Å². The van der Waals surface area contributed by atoms with Crippen LogP contribution in [0.4, 0.5) is 0 Å². The van der Waals surface area contributed by atoms with E-state index in [1.807, 2.05) is 21.7 Å². The maximum Gasteiger partial charge on any atom is 0.270 e. The van der Waals surface area contributed by atoms with Gasteiger partial charge in [-0.1, -0.05) is 0 Å². The van der Waals surface area contributed by atoms with Gasteiger partial charge in [0.15, 0.2) is 0 Å². The Labute approximate surface area is 115 Å². The first kappa shape index (κ1) is 12.9. The number of amides is 1. The molecule has 4 nitrogen and oxygen atoms in total. The van der Waals surface area contributed by atoms with Gasteiger partial charge in [-0.2, -0.15) is 0 Å². The molecule has 1 N–H and O–H groups in total. The zero-order chi connectivity index (χ0) is 12.4. The number of halogens is 1. The van der Waals surface area contributed by atoms with Crippen LogP contribution in [0, 0.1) is 3.57 Å². The number of rotatable bonds is 2. The van der Waals surface area contributed by atoms with E-state index in [-0.39, 0.29) is 11.9 Å². The maximum absolute atomic E-state index is 12.5. The predicted molar refractivity (Wildman–Crippen MR) is 76.2 cm³/mol. The lowest BCUT2D eigenvalue weighted by molar-refractivity contribution is 0.0645. The normalized spacial score (nSPS) is 20.6. The highest BCUT2D eigenvalue weighted by atomic mass is 127. The van der Waals surface area contributed by atoms with Gasteiger partial charge in [-0.25, -0.2) is 0 Å². The van der Waals surface area contributed by atoms with E-state index in [4.69, 9.17) is 0 Å². The highest BCUT2D eigenvalue weighted by Gasteiger charge is 2.26. The van der Waals surface area contributed by atoms with Crippen molar-refractivity contribution in [2.75, 3.05) is 19.6 Å². The molecule has 1 saturated heterocycles. The van der Waals surface area contributed by atoms with Crippen LogP contribution in [0.1, 0.15) is 24.3 Å². The fourth-order valence-corrected chi connectivity index (χ4v) is 2.84. The van der Waals surface area contributed by atoms with Gasteiger partial charge in [0.05, 0.1) is 0 Å². The largest absolute Gasteiger partial charge is 0.343 e. The summed E-state index contributed by atoms with van der Waals surface area (Å²) in [7, 11) is 0. The lowest BCUT2D eigenvalue weighted by Crippen LogP contribution is -2.52. The van der Waals surface area contributed by atoms with Gasteiger partial charge in [-0.15, -0.1) is 0 Å². The molecule has 0 radical (unpaired) electrons. The summed E-state index contributed by atoms with van der Waals surface area (Å²) in [5, 5.41) is 3.30. The molecule has 1 atom stereocenters. The Hall–Kier alpha value is -0.560. The summed E-state index contributed by atoms with van der Waals surface area (Å²) < 4.78 is 3.15. The van der Waals surface area contributed by atoms with Crippen molar-refractivity contribution in [3.63, 3.8) is 0 Å². The Morgan fingerprint density at radius 3 is 3.06 bits per heavy atom. The number of piperazine rings is 1. The van der Waals surface area contributed by atoms with Crippen LogP contribution in [0.25, 0.3) is 0 Å². The summed E-state index contributed by atoms with van der Waals surface area (Å²) in [6.45, 7) is 7.56. The fraction of sp³-hybridized carbons (Fsp3) is 0.583. The molecule has 1 amide bonds. The van der Waals surface area contributed by atoms with E-state index >= 15 is 0 Å². The number of nitrogens with one attached hydrogen (secondary N) is 1. The molecule has 0 spiro atoms. The molecule has 0 aromatic carbocycles. The van der Waals surface area contributed by atoms with Crippen molar-refractivity contribution in [3.8, 4) is 0 Å². The first-order chi connectivity index (χ1) is 8.13. The average molecular weight is 347 g/mol. The molecule has 0 bridgehead atoms. The summed E-state index contributed by atoms with van der Waals surface area (Å²) in [6, 6.07) is 2.25. The van der Waals surface area contributed by atoms with Gasteiger partial charge in [-0.3, -0.25) is 4.79 Å². The van der Waals surface area contributed by atoms with Crippen molar-refractivity contribution < 1.29 is 4.79 Å². The van der Waals surface area contributed by atoms with Crippen molar-refractivity contribution >= 4 is 28.5 Å². The van der Waals surface area contributed by atoms with Crippen LogP contribution in [-0.2, 0) is 6.54 Å². The lowest BCUT2D eigenvalue weighted by atomic mass is 10.2. The first-order valence-corrected chi connectivity index (χ1v) is 7.08. The Kier molecular flexibility index (Phi) is 4.09. The third kappa shape index (κ3) is 2.65. The molecule has 1 aromatic rings. The number of hydrogen-bond acceptors (Lipinski definition) is 2. The number of carbonyl (C=O) groups is 1. The number of carbonyl (C=O) groups excluding carboxylic acids is 1. The fourth-order valence-electron chi connectivity index (χ4n) is 2.21. The van der Waals surface area contributed by atoms with Crippen molar-refractivity contribution in [1.82, 2.24) is 14.8 Å². The Morgan fingerprint density at radius 2 is 2.41 bits per heavy atom. The number of hydrogen-bond donors (Lipinski definition) is 1. The van der Waals surface area contributed by atoms with E-state index in [9.17, 15) is 4.79 Å². The summed E-state index contributed by atoms with van der Waals surface area (Å²) >= 11 is 2.26. The van der Waals surface area contributed by atoms with Crippen LogP contribution < -0.4 is 5.32 Å². The van der Waals surface area contributed by atoms with E-state index in [0.29, 0.717) is 0 Å². The van der Waals surface area contributed by atoms with Gasteiger partial charge in [0.2, 0.25) is 0 Å². The summed E-state index contributed by atoms with van der Waals surface area (Å²) in [4.78, 5) is 14.4. The second kappa shape index (κ2) is 5.39. The topological polar surface area (TPSA) is 37.3 Å². The van der Waals surface area contributed by atoms with Crippen LogP contribution >= 0.6 is 22.6 Å². The molecule has 94 valence electrons. The van der Waals surface area contributed by atoms with Crippen LogP contribution in [-0.4, -0.2) is 41.1 Å². The SMILES string of the molecule is CCn1cc(I)cc1C(=O)N1CCNC[C@@H]1C. The number of aryl methyl sites for hydroxylation is 1. The van der Waals surface area contributed by atoms with E-state index in [1.165, 1.54) is 0 Å². The van der Waals surface area contributed by atoms with E-state index in [2.05, 4.69) is 41.8 Å². The molecule has 1 aliphatic rings. The van der Waals surface area contributed by atoms with Gasteiger partial charge < -0.3 is 14.8 Å². The second-order valence-electron chi connectivity index (χ2n) is 4.38. The average Bonchev–Trinajstić information content (AvgIpc) is 2.70. The molecular weight excluding hydrogens is 329 g/mol. The Morgan fingerprint density at radius 1 is 1.65 bits per heavy atom. The minimum absolute atomic E-state index is 0.156. The molecule has 0 saturated carbocycles. The second-order valence-corrected chi connectivity index (χ2v) is 5.63. The third-order valence-electron chi connectivity index (χ3n) is 3.19. The maximum atomic E-state index is 12.5. The van der Waals surface area contributed by atoms with Crippen LogP contribution in [0.5, 0.6) is 0 Å². The molecule has 1 fully saturated rings. The number of nitrogens with zero attached hydrogens (tertiary/aromatic N) is 2. The van der Waals surface area contributed by atoms with Gasteiger partial charge in [0, 0.05) is 42.0 Å². The van der Waals surface area contributed by atoms with E-state index < -0.39 is 0 Å². The third-order valence-corrected chi connectivity index (χ3v) is 3.78. The van der Waals surface area contributed by atoms with Crippen LogP contribution in [0.2, 0.25) is 0 Å². The molecule has 1 aromatic heterocycles. The molecule has 0 unspecified atom stereocenters. The van der Waals surface area contributed by atoms with Crippen molar-refractivity contribution in [3.05, 3.63) is 21.5 Å². The van der Waals surface area contributed by atoms with Gasteiger partial charge >= 0.3 is 0 Å². The molecule has 5 heteroatoms. The quantitative estimate of drug-likeness (QED) is 0.825. The molecule has 2 heterocycles. The summed E-state index contributed by atoms with van der Waals surface area (Å²) in [5.41, 5.74) is 0.811. The number of aromatic nitrogens is 1. The Bertz CT molecular complexity index is 416. The van der Waals surface area contributed by atoms with Gasteiger partial charge in [0.25, 0.3) is 5.91 Å². The highest BCUT2D eigenvalue weighted by Crippen LogP contribution is 2.15. The lowest BCUT2D eigenvalue weighted by Gasteiger charge is -2.34. The standard InChI is InChI=1S/C12H18IN3O/c1-3-15-8-10(13)6-11(15)12(17)16-5-4-14-7-9(16)2/h6,8-9,14H,3-5,7H2,1-2H3/t9-/m0/s1. The summed E-state index contributed by atoms with van der Waals surface area (Å²) in [6.07, 6.45) is 2.03. The van der Waals surface area contributed by atoms with E-state index in [0.717, 1.165) is 35.4 Å². The molecule has 0 aliphatic carbocycles. The summed E-state index contributed by atoms with van der Waals surface area (Å²) in [5.74, 6) is 0.156. The first-order valence-electron chi connectivity index (χ1n) is 6.01. The molecule has 17 heavy (non-hydrogen) atoms. The zero-order valence-corrected chi connectivity index (χ0v) is 12.4. The minimum Gasteiger partial charge on any atom is -0.343 e.